The molecule has 2 rings (SSSR count). The minimum Gasteiger partial charge on any atom is -0.491 e. The molecule has 108 valence electrons. The normalized spacial score (nSPS) is 10.2. The van der Waals surface area contributed by atoms with Crippen LogP contribution in [0.2, 0.25) is 0 Å². The number of para-hydroxylation sites is 1. The minimum atomic E-state index is 0.148. The monoisotopic (exact) mass is 280 g/mol. The van der Waals surface area contributed by atoms with Crippen LogP contribution in [0.15, 0.2) is 42.5 Å². The van der Waals surface area contributed by atoms with Gasteiger partial charge in [-0.3, -0.25) is 0 Å². The Labute approximate surface area is 126 Å². The summed E-state index contributed by atoms with van der Waals surface area (Å²) in [5, 5.41) is 12.4. The van der Waals surface area contributed by atoms with Crippen LogP contribution in [-0.2, 0) is 6.54 Å². The lowest BCUT2D eigenvalue weighted by Gasteiger charge is -2.16. The molecule has 2 aromatic carbocycles. The van der Waals surface area contributed by atoms with E-state index in [0.717, 1.165) is 22.6 Å². The number of nitrogens with one attached hydrogen (secondary N) is 1. The Morgan fingerprint density at radius 3 is 2.67 bits per heavy atom. The molecule has 0 aliphatic carbocycles. The van der Waals surface area contributed by atoms with E-state index in [2.05, 4.69) is 11.4 Å². The standard InChI is InChI=1S/C18H20N2O/c1-13(2)21-18-7-5-4-6-16(18)12-20-17-10-15(11-19)9-8-14(17)3/h4-10,13,20H,12H2,1-3H3. The van der Waals surface area contributed by atoms with Crippen molar-refractivity contribution in [2.45, 2.75) is 33.4 Å². The highest BCUT2D eigenvalue weighted by atomic mass is 16.5. The van der Waals surface area contributed by atoms with E-state index in [4.69, 9.17) is 10.00 Å². The first-order valence-electron chi connectivity index (χ1n) is 7.09. The van der Waals surface area contributed by atoms with Crippen LogP contribution in [-0.4, -0.2) is 6.10 Å². The second-order valence-corrected chi connectivity index (χ2v) is 5.27. The topological polar surface area (TPSA) is 45.0 Å². The number of nitriles is 1. The van der Waals surface area contributed by atoms with Crippen LogP contribution in [0, 0.1) is 18.3 Å². The number of ether oxygens (including phenoxy) is 1. The summed E-state index contributed by atoms with van der Waals surface area (Å²) in [6.45, 7) is 6.73. The summed E-state index contributed by atoms with van der Waals surface area (Å²) >= 11 is 0. The second-order valence-electron chi connectivity index (χ2n) is 5.27. The molecule has 21 heavy (non-hydrogen) atoms. The van der Waals surface area contributed by atoms with Gasteiger partial charge in [-0.25, -0.2) is 0 Å². The summed E-state index contributed by atoms with van der Waals surface area (Å²) < 4.78 is 5.82. The van der Waals surface area contributed by atoms with Crippen molar-refractivity contribution in [1.82, 2.24) is 0 Å². The van der Waals surface area contributed by atoms with E-state index in [9.17, 15) is 0 Å². The van der Waals surface area contributed by atoms with E-state index in [1.807, 2.05) is 63.2 Å². The molecule has 0 amide bonds. The molecule has 0 spiro atoms. The summed E-state index contributed by atoms with van der Waals surface area (Å²) in [6.07, 6.45) is 0.148. The predicted molar refractivity (Wildman–Crippen MR) is 85.4 cm³/mol. The van der Waals surface area contributed by atoms with Gasteiger partial charge in [-0.15, -0.1) is 0 Å². The molecule has 0 heterocycles. The van der Waals surface area contributed by atoms with Crippen LogP contribution in [0.1, 0.15) is 30.5 Å². The SMILES string of the molecule is Cc1ccc(C#N)cc1NCc1ccccc1OC(C)C. The maximum absolute atomic E-state index is 8.98. The lowest BCUT2D eigenvalue weighted by molar-refractivity contribution is 0.240. The third-order valence-electron chi connectivity index (χ3n) is 3.17. The third-order valence-corrected chi connectivity index (χ3v) is 3.17. The van der Waals surface area contributed by atoms with E-state index < -0.39 is 0 Å². The van der Waals surface area contributed by atoms with Gasteiger partial charge in [-0.2, -0.15) is 5.26 Å². The maximum Gasteiger partial charge on any atom is 0.124 e. The van der Waals surface area contributed by atoms with Crippen LogP contribution in [0.3, 0.4) is 0 Å². The molecule has 3 heteroatoms. The highest BCUT2D eigenvalue weighted by molar-refractivity contribution is 5.55. The molecule has 0 fully saturated rings. The Morgan fingerprint density at radius 1 is 1.19 bits per heavy atom. The quantitative estimate of drug-likeness (QED) is 0.889. The zero-order chi connectivity index (χ0) is 15.2. The summed E-state index contributed by atoms with van der Waals surface area (Å²) in [6, 6.07) is 15.8. The molecule has 0 unspecified atom stereocenters. The van der Waals surface area contributed by atoms with Crippen molar-refractivity contribution in [3.63, 3.8) is 0 Å². The molecular formula is C18H20N2O. The van der Waals surface area contributed by atoms with Crippen molar-refractivity contribution < 1.29 is 4.74 Å². The Hall–Kier alpha value is -2.47. The fourth-order valence-corrected chi connectivity index (χ4v) is 2.09. The number of benzene rings is 2. The van der Waals surface area contributed by atoms with Crippen LogP contribution in [0.4, 0.5) is 5.69 Å². The van der Waals surface area contributed by atoms with E-state index in [1.54, 1.807) is 0 Å². The molecule has 3 nitrogen and oxygen atoms in total. The molecule has 0 saturated heterocycles. The molecule has 0 saturated carbocycles. The highest BCUT2D eigenvalue weighted by Gasteiger charge is 2.06. The van der Waals surface area contributed by atoms with Gasteiger partial charge in [0.2, 0.25) is 0 Å². The summed E-state index contributed by atoms with van der Waals surface area (Å²) in [7, 11) is 0. The smallest absolute Gasteiger partial charge is 0.124 e. The Bertz CT molecular complexity index is 657. The van der Waals surface area contributed by atoms with Crippen LogP contribution in [0.25, 0.3) is 0 Å². The molecular weight excluding hydrogens is 260 g/mol. The van der Waals surface area contributed by atoms with Crippen LogP contribution < -0.4 is 10.1 Å². The fourth-order valence-electron chi connectivity index (χ4n) is 2.09. The lowest BCUT2D eigenvalue weighted by Crippen LogP contribution is -2.09. The van der Waals surface area contributed by atoms with Crippen molar-refractivity contribution in [1.29, 1.82) is 5.26 Å². The lowest BCUT2D eigenvalue weighted by atomic mass is 10.1. The first-order valence-corrected chi connectivity index (χ1v) is 7.09. The molecule has 0 aliphatic heterocycles. The molecule has 1 N–H and O–H groups in total. The minimum absolute atomic E-state index is 0.148. The second kappa shape index (κ2) is 6.81. The van der Waals surface area contributed by atoms with Crippen molar-refractivity contribution in [3.8, 4) is 11.8 Å². The van der Waals surface area contributed by atoms with Gasteiger partial charge in [0.25, 0.3) is 0 Å². The third kappa shape index (κ3) is 4.00. The van der Waals surface area contributed by atoms with Crippen molar-refractivity contribution >= 4 is 5.69 Å². The van der Waals surface area contributed by atoms with E-state index in [-0.39, 0.29) is 6.10 Å². The largest absolute Gasteiger partial charge is 0.491 e. The van der Waals surface area contributed by atoms with Gasteiger partial charge < -0.3 is 10.1 Å². The van der Waals surface area contributed by atoms with Gasteiger partial charge in [0.15, 0.2) is 0 Å². The van der Waals surface area contributed by atoms with Gasteiger partial charge in [-0.1, -0.05) is 24.3 Å². The van der Waals surface area contributed by atoms with Crippen LogP contribution >= 0.6 is 0 Å². The van der Waals surface area contributed by atoms with Gasteiger partial charge in [0, 0.05) is 17.8 Å². The van der Waals surface area contributed by atoms with Crippen molar-refractivity contribution in [2.75, 3.05) is 5.32 Å². The summed E-state index contributed by atoms with van der Waals surface area (Å²) in [5.41, 5.74) is 3.87. The zero-order valence-corrected chi connectivity index (χ0v) is 12.7. The number of hydrogen-bond donors (Lipinski definition) is 1. The summed E-state index contributed by atoms with van der Waals surface area (Å²) in [4.78, 5) is 0. The number of nitrogens with zero attached hydrogens (tertiary/aromatic N) is 1. The molecule has 0 aliphatic rings. The Balaban J connectivity index is 2.15. The average Bonchev–Trinajstić information content (AvgIpc) is 2.47. The van der Waals surface area contributed by atoms with E-state index in [1.165, 1.54) is 0 Å². The summed E-state index contributed by atoms with van der Waals surface area (Å²) in [5.74, 6) is 0.897. The number of rotatable bonds is 5. The number of aryl methyl sites for hydroxylation is 1. The van der Waals surface area contributed by atoms with E-state index in [0.29, 0.717) is 12.1 Å². The molecule has 0 atom stereocenters. The fraction of sp³-hybridized carbons (Fsp3) is 0.278. The number of hydrogen-bond acceptors (Lipinski definition) is 3. The molecule has 2 aromatic rings. The number of anilines is 1. The van der Waals surface area contributed by atoms with Crippen molar-refractivity contribution in [3.05, 3.63) is 59.2 Å². The first-order chi connectivity index (χ1) is 10.1. The van der Waals surface area contributed by atoms with Crippen molar-refractivity contribution in [2.24, 2.45) is 0 Å². The maximum atomic E-state index is 8.98. The Kier molecular flexibility index (Phi) is 4.84. The average molecular weight is 280 g/mol. The van der Waals surface area contributed by atoms with Crippen LogP contribution in [0.5, 0.6) is 5.75 Å². The first kappa shape index (κ1) is 14.9. The molecule has 0 aromatic heterocycles. The highest BCUT2D eigenvalue weighted by Crippen LogP contribution is 2.22. The molecule has 0 radical (unpaired) electrons. The Morgan fingerprint density at radius 2 is 1.95 bits per heavy atom. The molecule has 0 bridgehead atoms. The van der Waals surface area contributed by atoms with Gasteiger partial charge >= 0.3 is 0 Å². The predicted octanol–water partition coefficient (Wildman–Crippen LogP) is 4.27. The van der Waals surface area contributed by atoms with Gasteiger partial charge in [0.05, 0.1) is 17.7 Å². The van der Waals surface area contributed by atoms with E-state index >= 15 is 0 Å². The zero-order valence-electron chi connectivity index (χ0n) is 12.7. The van der Waals surface area contributed by atoms with Gasteiger partial charge in [-0.05, 0) is 44.5 Å². The van der Waals surface area contributed by atoms with Gasteiger partial charge in [0.1, 0.15) is 5.75 Å².